The van der Waals surface area contributed by atoms with Gasteiger partial charge in [-0.05, 0) is 60.1 Å². The lowest BCUT2D eigenvalue weighted by Gasteiger charge is -2.16. The van der Waals surface area contributed by atoms with Crippen LogP contribution in [0.3, 0.4) is 0 Å². The highest BCUT2D eigenvalue weighted by molar-refractivity contribution is 8.26. The van der Waals surface area contributed by atoms with Gasteiger partial charge in [0, 0.05) is 14.0 Å². The third kappa shape index (κ3) is 5.35. The molecule has 2 amide bonds. The van der Waals surface area contributed by atoms with Gasteiger partial charge < -0.3 is 19.2 Å². The number of benzene rings is 2. The molecule has 0 bridgehead atoms. The molecule has 1 atom stereocenters. The lowest BCUT2D eigenvalue weighted by Crippen LogP contribution is -2.30. The van der Waals surface area contributed by atoms with Crippen molar-refractivity contribution in [1.29, 1.82) is 0 Å². The highest BCUT2D eigenvalue weighted by Crippen LogP contribution is 2.35. The normalized spacial score (nSPS) is 19.1. The summed E-state index contributed by atoms with van der Waals surface area (Å²) >= 11 is 12.5. The second-order valence-corrected chi connectivity index (χ2v) is 9.62. The number of amides is 2. The lowest BCUT2D eigenvalue weighted by atomic mass is 10.1. The molecule has 2 fully saturated rings. The summed E-state index contributed by atoms with van der Waals surface area (Å²) in [6.07, 6.45) is 1.99. The molecule has 0 saturated carbocycles. The molecule has 2 aromatic carbocycles. The molecule has 176 valence electrons. The molecule has 0 aromatic heterocycles. The van der Waals surface area contributed by atoms with Gasteiger partial charge in [0.25, 0.3) is 5.91 Å². The van der Waals surface area contributed by atoms with Gasteiger partial charge in [0.15, 0.2) is 4.32 Å². The van der Waals surface area contributed by atoms with Gasteiger partial charge in [-0.15, -0.1) is 5.06 Å². The Hall–Kier alpha value is -3.08. The summed E-state index contributed by atoms with van der Waals surface area (Å²) in [5.41, 5.74) is 1.71. The van der Waals surface area contributed by atoms with Crippen LogP contribution in [-0.2, 0) is 25.6 Å². The van der Waals surface area contributed by atoms with E-state index in [1.807, 2.05) is 24.3 Å². The Morgan fingerprint density at radius 1 is 1.26 bits per heavy atom. The number of nitrogens with zero attached hydrogens (tertiary/aromatic N) is 2. The van der Waals surface area contributed by atoms with Gasteiger partial charge in [-0.25, -0.2) is 9.59 Å². The lowest BCUT2D eigenvalue weighted by molar-refractivity contribution is -0.176. The van der Waals surface area contributed by atoms with Gasteiger partial charge in [0.1, 0.15) is 18.1 Å². The Morgan fingerprint density at radius 2 is 2.00 bits per heavy atom. The molecule has 0 radical (unpaired) electrons. The van der Waals surface area contributed by atoms with Crippen LogP contribution in [0.25, 0.3) is 6.08 Å². The van der Waals surface area contributed by atoms with E-state index in [-0.39, 0.29) is 16.5 Å². The zero-order chi connectivity index (χ0) is 24.4. The zero-order valence-corrected chi connectivity index (χ0v) is 20.5. The maximum atomic E-state index is 12.4. The summed E-state index contributed by atoms with van der Waals surface area (Å²) < 4.78 is 11.1. The number of carbonyl (C=O) groups is 3. The quantitative estimate of drug-likeness (QED) is 0.398. The number of thiocarbonyl (C=S) groups is 1. The summed E-state index contributed by atoms with van der Waals surface area (Å²) in [7, 11) is 1.73. The summed E-state index contributed by atoms with van der Waals surface area (Å²) in [5.74, 6) is -0.0899. The largest absolute Gasteiger partial charge is 0.456 e. The molecule has 2 heterocycles. The predicted octanol–water partition coefficient (Wildman–Crippen LogP) is 4.80. The van der Waals surface area contributed by atoms with Crippen LogP contribution in [0.15, 0.2) is 47.4 Å². The fourth-order valence-electron chi connectivity index (χ4n) is 3.32. The van der Waals surface area contributed by atoms with Gasteiger partial charge in [0.05, 0.1) is 16.0 Å². The van der Waals surface area contributed by atoms with Crippen LogP contribution in [0.5, 0.6) is 11.5 Å². The van der Waals surface area contributed by atoms with E-state index in [9.17, 15) is 14.4 Å². The first-order chi connectivity index (χ1) is 16.2. The molecular formula is C23H19ClN2O6S2. The van der Waals surface area contributed by atoms with E-state index in [2.05, 4.69) is 0 Å². The minimum absolute atomic E-state index is 0.00995. The first-order valence-electron chi connectivity index (χ1n) is 10.1. The molecule has 2 aliphatic rings. The molecule has 0 spiro atoms. The number of hydrogen-bond donors (Lipinski definition) is 0. The van der Waals surface area contributed by atoms with E-state index < -0.39 is 11.9 Å². The third-order valence-corrected chi connectivity index (χ3v) is 6.65. The number of rotatable bonds is 6. The molecule has 8 nitrogen and oxygen atoms in total. The molecule has 4 rings (SSSR count). The van der Waals surface area contributed by atoms with Crippen LogP contribution >= 0.6 is 35.6 Å². The molecule has 0 aliphatic carbocycles. The Kier molecular flexibility index (Phi) is 7.11. The first kappa shape index (κ1) is 24.1. The van der Waals surface area contributed by atoms with E-state index in [0.29, 0.717) is 40.0 Å². The summed E-state index contributed by atoms with van der Waals surface area (Å²) in [5, 5.41) is 1.16. The van der Waals surface area contributed by atoms with Gasteiger partial charge in [-0.3, -0.25) is 4.79 Å². The number of likely N-dealkylation sites (N-methyl/N-ethyl adjacent to an activating group) is 1. The zero-order valence-electron chi connectivity index (χ0n) is 18.1. The molecule has 34 heavy (non-hydrogen) atoms. The van der Waals surface area contributed by atoms with E-state index in [0.717, 1.165) is 22.4 Å². The number of cyclic esters (lactones) is 1. The number of hydroxylamine groups is 2. The molecule has 0 N–H and O–H groups in total. The van der Waals surface area contributed by atoms with Gasteiger partial charge in [-0.1, -0.05) is 41.6 Å². The van der Waals surface area contributed by atoms with Gasteiger partial charge in [-0.2, -0.15) is 0 Å². The van der Waals surface area contributed by atoms with Crippen LogP contribution in [0.2, 0.25) is 5.02 Å². The van der Waals surface area contributed by atoms with Crippen LogP contribution in [0.1, 0.15) is 18.1 Å². The van der Waals surface area contributed by atoms with E-state index in [1.54, 1.807) is 36.2 Å². The van der Waals surface area contributed by atoms with Crippen molar-refractivity contribution in [1.82, 2.24) is 9.96 Å². The maximum absolute atomic E-state index is 12.4. The summed E-state index contributed by atoms with van der Waals surface area (Å²) in [6.45, 7) is 1.57. The van der Waals surface area contributed by atoms with Crippen LogP contribution < -0.4 is 4.74 Å². The molecule has 1 unspecified atom stereocenters. The van der Waals surface area contributed by atoms with E-state index in [4.69, 9.17) is 38.1 Å². The smallest absolute Gasteiger partial charge is 0.409 e. The van der Waals surface area contributed by atoms with Crippen molar-refractivity contribution in [3.8, 4) is 11.5 Å². The Balaban J connectivity index is 1.41. The minimum atomic E-state index is -0.634. The average molecular weight is 519 g/mol. The fraction of sp³-hybridized carbons (Fsp3) is 0.217. The number of carbonyl (C=O) groups excluding carboxylic acids is 3. The average Bonchev–Trinajstić information content (AvgIpc) is 3.24. The topological polar surface area (TPSA) is 85.4 Å². The molecule has 2 aromatic rings. The van der Waals surface area contributed by atoms with Gasteiger partial charge >= 0.3 is 12.1 Å². The molecule has 2 saturated heterocycles. The van der Waals surface area contributed by atoms with Crippen molar-refractivity contribution in [2.24, 2.45) is 0 Å². The highest BCUT2D eigenvalue weighted by Gasteiger charge is 2.35. The van der Waals surface area contributed by atoms with Crippen molar-refractivity contribution in [3.05, 3.63) is 63.5 Å². The van der Waals surface area contributed by atoms with Crippen molar-refractivity contribution in [3.63, 3.8) is 0 Å². The Morgan fingerprint density at radius 3 is 2.62 bits per heavy atom. The fourth-order valence-corrected chi connectivity index (χ4v) is 4.69. The predicted molar refractivity (Wildman–Crippen MR) is 131 cm³/mol. The SMILES string of the molecule is CC(=O)ON1C(=O)C(=Cc2ccc(Oc3ccc(CC4COC(=O)N4C)cc3)c(Cl)c2)SC1=S. The second kappa shape index (κ2) is 10.0. The Bertz CT molecular complexity index is 1200. The first-order valence-corrected chi connectivity index (χ1v) is 11.7. The van der Waals surface area contributed by atoms with Crippen LogP contribution in [0.4, 0.5) is 4.79 Å². The van der Waals surface area contributed by atoms with E-state index >= 15 is 0 Å². The monoisotopic (exact) mass is 518 g/mol. The van der Waals surface area contributed by atoms with Crippen molar-refractivity contribution in [2.45, 2.75) is 19.4 Å². The highest BCUT2D eigenvalue weighted by atomic mass is 35.5. The number of ether oxygens (including phenoxy) is 2. The third-order valence-electron chi connectivity index (χ3n) is 5.09. The summed E-state index contributed by atoms with van der Waals surface area (Å²) in [6, 6.07) is 12.6. The molecule has 2 aliphatic heterocycles. The second-order valence-electron chi connectivity index (χ2n) is 7.54. The van der Waals surface area contributed by atoms with Crippen molar-refractivity contribution < 1.29 is 28.7 Å². The van der Waals surface area contributed by atoms with Crippen LogP contribution in [0, 0.1) is 0 Å². The number of hydrogen-bond acceptors (Lipinski definition) is 8. The Labute approximate surface area is 210 Å². The molecule has 11 heteroatoms. The van der Waals surface area contributed by atoms with Gasteiger partial charge in [0.2, 0.25) is 0 Å². The van der Waals surface area contributed by atoms with E-state index in [1.165, 1.54) is 6.92 Å². The number of thioether (sulfide) groups is 1. The van der Waals surface area contributed by atoms with Crippen molar-refractivity contribution >= 4 is 63.9 Å². The summed E-state index contributed by atoms with van der Waals surface area (Å²) in [4.78, 5) is 41.8. The number of halogens is 1. The maximum Gasteiger partial charge on any atom is 0.409 e. The van der Waals surface area contributed by atoms with Crippen LogP contribution in [-0.4, -0.2) is 51.9 Å². The van der Waals surface area contributed by atoms with Crippen molar-refractivity contribution in [2.75, 3.05) is 13.7 Å². The minimum Gasteiger partial charge on any atom is -0.456 e. The standard InChI is InChI=1S/C23H19ClN2O6S2/c1-13(27)32-26-21(28)20(34-23(26)33)11-15-5-8-19(18(24)10-15)31-17-6-3-14(4-7-17)9-16-12-30-22(29)25(16)2/h3-8,10-11,16H,9,12H2,1-2H3. The molecular weight excluding hydrogens is 500 g/mol.